The molecule has 0 atom stereocenters. The molecule has 0 saturated carbocycles. The first-order chi connectivity index (χ1) is 12.3. The zero-order valence-corrected chi connectivity index (χ0v) is 14.6. The zero-order chi connectivity index (χ0) is 19.3. The predicted octanol–water partition coefficient (Wildman–Crippen LogP) is 1.41. The molecule has 138 valence electrons. The van der Waals surface area contributed by atoms with Gasteiger partial charge in [-0.2, -0.15) is 5.10 Å². The molecule has 0 fully saturated rings. The van der Waals surface area contributed by atoms with Crippen LogP contribution in [-0.2, 0) is 14.3 Å². The second kappa shape index (κ2) is 8.24. The van der Waals surface area contributed by atoms with Crippen molar-refractivity contribution in [1.82, 2.24) is 15.1 Å². The number of aromatic nitrogens is 2. The van der Waals surface area contributed by atoms with E-state index in [4.69, 9.17) is 4.74 Å². The van der Waals surface area contributed by atoms with Crippen molar-refractivity contribution in [3.8, 4) is 0 Å². The third-order valence-corrected chi connectivity index (χ3v) is 3.36. The number of carbonyl (C=O) groups is 3. The van der Waals surface area contributed by atoms with Gasteiger partial charge in [-0.1, -0.05) is 18.2 Å². The molecule has 2 aromatic rings. The Morgan fingerprint density at radius 3 is 2.42 bits per heavy atom. The number of carbonyl (C=O) groups excluding carboxylic acids is 3. The van der Waals surface area contributed by atoms with Gasteiger partial charge in [0.05, 0.1) is 18.0 Å². The van der Waals surface area contributed by atoms with Crippen LogP contribution in [-0.4, -0.2) is 41.0 Å². The van der Waals surface area contributed by atoms with E-state index in [1.807, 2.05) is 5.32 Å². The quantitative estimate of drug-likeness (QED) is 0.800. The van der Waals surface area contributed by atoms with Crippen molar-refractivity contribution in [2.45, 2.75) is 26.8 Å². The first-order valence-corrected chi connectivity index (χ1v) is 8.00. The molecule has 0 aliphatic carbocycles. The topological polar surface area (TPSA) is 117 Å². The number of hydrogen-bond donors (Lipinski definition) is 1. The molecule has 0 spiro atoms. The second-order valence-electron chi connectivity index (χ2n) is 5.58. The van der Waals surface area contributed by atoms with Crippen molar-refractivity contribution >= 4 is 28.7 Å². The lowest BCUT2D eigenvalue weighted by atomic mass is 10.1. The van der Waals surface area contributed by atoms with E-state index in [1.165, 1.54) is 4.68 Å². The lowest BCUT2D eigenvalue weighted by Gasteiger charge is -2.13. The summed E-state index contributed by atoms with van der Waals surface area (Å²) < 4.78 is 10.6. The molecule has 1 aromatic carbocycles. The Labute approximate surface area is 148 Å². The maximum Gasteiger partial charge on any atom is 0.413 e. The number of rotatable bonds is 5. The van der Waals surface area contributed by atoms with Crippen LogP contribution in [0.1, 0.15) is 37.3 Å². The number of imide groups is 1. The van der Waals surface area contributed by atoms with Gasteiger partial charge in [-0.15, -0.1) is 0 Å². The minimum atomic E-state index is -0.925. The van der Waals surface area contributed by atoms with E-state index in [-0.39, 0.29) is 23.9 Å². The van der Waals surface area contributed by atoms with Gasteiger partial charge in [0.25, 0.3) is 11.5 Å². The minimum Gasteiger partial charge on any atom is -0.451 e. The highest BCUT2D eigenvalue weighted by Gasteiger charge is 2.20. The first kappa shape index (κ1) is 19.1. The summed E-state index contributed by atoms with van der Waals surface area (Å²) in [6.45, 7) is 4.51. The van der Waals surface area contributed by atoms with Crippen molar-refractivity contribution < 1.29 is 23.9 Å². The van der Waals surface area contributed by atoms with Crippen LogP contribution in [0.4, 0.5) is 4.79 Å². The summed E-state index contributed by atoms with van der Waals surface area (Å²) in [4.78, 5) is 47.5. The molecular formula is C17H19N3O6. The van der Waals surface area contributed by atoms with Gasteiger partial charge < -0.3 is 9.47 Å². The van der Waals surface area contributed by atoms with Crippen molar-refractivity contribution in [2.75, 3.05) is 13.2 Å². The highest BCUT2D eigenvalue weighted by molar-refractivity contribution is 6.03. The molecule has 0 bridgehead atoms. The van der Waals surface area contributed by atoms with E-state index in [9.17, 15) is 19.2 Å². The van der Waals surface area contributed by atoms with Crippen molar-refractivity contribution in [2.24, 2.45) is 0 Å². The number of hydrogen-bond acceptors (Lipinski definition) is 7. The molecule has 1 aromatic heterocycles. The van der Waals surface area contributed by atoms with Crippen LogP contribution in [0.5, 0.6) is 0 Å². The Balaban J connectivity index is 2.25. The second-order valence-corrected chi connectivity index (χ2v) is 5.58. The molecule has 0 unspecified atom stereocenters. The van der Waals surface area contributed by atoms with E-state index < -0.39 is 24.6 Å². The van der Waals surface area contributed by atoms with E-state index in [1.54, 1.807) is 45.0 Å². The molecule has 0 aliphatic heterocycles. The summed E-state index contributed by atoms with van der Waals surface area (Å²) >= 11 is 0. The third kappa shape index (κ3) is 4.24. The smallest absolute Gasteiger partial charge is 0.413 e. The maximum atomic E-state index is 12.4. The minimum absolute atomic E-state index is 0.0853. The van der Waals surface area contributed by atoms with Crippen LogP contribution in [0.3, 0.4) is 0 Å². The predicted molar refractivity (Wildman–Crippen MR) is 91.8 cm³/mol. The fraction of sp³-hybridized carbons (Fsp3) is 0.353. The number of ether oxygens (including phenoxy) is 2. The highest BCUT2D eigenvalue weighted by Crippen LogP contribution is 2.15. The van der Waals surface area contributed by atoms with E-state index in [0.29, 0.717) is 10.8 Å². The molecule has 2 amide bonds. The van der Waals surface area contributed by atoms with Crippen LogP contribution in [0.2, 0.25) is 0 Å². The van der Waals surface area contributed by atoms with Crippen molar-refractivity contribution in [3.05, 3.63) is 40.3 Å². The summed E-state index contributed by atoms with van der Waals surface area (Å²) in [5.41, 5.74) is -0.412. The Morgan fingerprint density at radius 2 is 1.81 bits per heavy atom. The van der Waals surface area contributed by atoms with E-state index >= 15 is 0 Å². The molecule has 0 aliphatic rings. The van der Waals surface area contributed by atoms with Crippen LogP contribution in [0, 0.1) is 0 Å². The average molecular weight is 361 g/mol. The van der Waals surface area contributed by atoms with Crippen molar-refractivity contribution in [1.29, 1.82) is 0 Å². The SMILES string of the molecule is CCOC(=O)NC(=O)COC(=O)c1nn(C(C)C)c(=O)c2ccccc12. The van der Waals surface area contributed by atoms with Gasteiger partial charge in [0.1, 0.15) is 0 Å². The fourth-order valence-electron chi connectivity index (χ4n) is 2.22. The molecule has 0 saturated heterocycles. The number of nitrogens with zero attached hydrogens (tertiary/aromatic N) is 2. The van der Waals surface area contributed by atoms with Crippen LogP contribution in [0.25, 0.3) is 10.8 Å². The lowest BCUT2D eigenvalue weighted by molar-refractivity contribution is -0.123. The van der Waals surface area contributed by atoms with Crippen molar-refractivity contribution in [3.63, 3.8) is 0 Å². The van der Waals surface area contributed by atoms with Gasteiger partial charge in [-0.25, -0.2) is 14.3 Å². The molecule has 26 heavy (non-hydrogen) atoms. The van der Waals surface area contributed by atoms with Gasteiger partial charge in [-0.05, 0) is 26.8 Å². The average Bonchev–Trinajstić information content (AvgIpc) is 2.60. The Bertz CT molecular complexity index is 903. The van der Waals surface area contributed by atoms with Crippen LogP contribution < -0.4 is 10.9 Å². The van der Waals surface area contributed by atoms with Gasteiger partial charge in [0.15, 0.2) is 12.3 Å². The standard InChI is InChI=1S/C17H19N3O6/c1-4-25-17(24)18-13(21)9-26-16(23)14-11-7-5-6-8-12(11)15(22)20(19-14)10(2)3/h5-8,10H,4,9H2,1-3H3,(H,18,21,24). The van der Waals surface area contributed by atoms with E-state index in [2.05, 4.69) is 9.84 Å². The Hall–Kier alpha value is -3.23. The van der Waals surface area contributed by atoms with Crippen LogP contribution in [0.15, 0.2) is 29.1 Å². The normalized spacial score (nSPS) is 10.6. The highest BCUT2D eigenvalue weighted by atomic mass is 16.6. The van der Waals surface area contributed by atoms with Gasteiger partial charge >= 0.3 is 12.1 Å². The summed E-state index contributed by atoms with van der Waals surface area (Å²) in [5, 5.41) is 6.63. The van der Waals surface area contributed by atoms with E-state index in [0.717, 1.165) is 0 Å². The number of benzene rings is 1. The fourth-order valence-corrected chi connectivity index (χ4v) is 2.22. The van der Waals surface area contributed by atoms with Gasteiger partial charge in [0.2, 0.25) is 0 Å². The molecule has 1 N–H and O–H groups in total. The largest absolute Gasteiger partial charge is 0.451 e. The Morgan fingerprint density at radius 1 is 1.15 bits per heavy atom. The number of alkyl carbamates (subject to hydrolysis) is 1. The molecular weight excluding hydrogens is 342 g/mol. The summed E-state index contributed by atoms with van der Waals surface area (Å²) in [7, 11) is 0. The first-order valence-electron chi connectivity index (χ1n) is 8.00. The number of amides is 2. The van der Waals surface area contributed by atoms with Gasteiger partial charge in [-0.3, -0.25) is 14.9 Å². The molecule has 9 nitrogen and oxygen atoms in total. The summed E-state index contributed by atoms with van der Waals surface area (Å²) in [6.07, 6.45) is -0.925. The zero-order valence-electron chi connectivity index (χ0n) is 14.6. The lowest BCUT2D eigenvalue weighted by Crippen LogP contribution is -2.35. The summed E-state index contributed by atoms with van der Waals surface area (Å²) in [6, 6.07) is 6.22. The third-order valence-electron chi connectivity index (χ3n) is 3.36. The molecule has 1 heterocycles. The number of esters is 1. The van der Waals surface area contributed by atoms with Crippen LogP contribution >= 0.6 is 0 Å². The van der Waals surface area contributed by atoms with Gasteiger partial charge in [0, 0.05) is 5.39 Å². The molecule has 9 heteroatoms. The Kier molecular flexibility index (Phi) is 6.05. The maximum absolute atomic E-state index is 12.4. The number of fused-ring (bicyclic) bond motifs is 1. The molecule has 2 rings (SSSR count). The summed E-state index contributed by atoms with van der Waals surface area (Å²) in [5.74, 6) is -1.71. The number of nitrogens with one attached hydrogen (secondary N) is 1. The monoisotopic (exact) mass is 361 g/mol. The molecule has 0 radical (unpaired) electrons.